The van der Waals surface area contributed by atoms with Crippen molar-refractivity contribution in [3.8, 4) is 0 Å². The zero-order valence-corrected chi connectivity index (χ0v) is 11.1. The lowest BCUT2D eigenvalue weighted by Gasteiger charge is -2.26. The largest absolute Gasteiger partial charge is 0.357 e. The van der Waals surface area contributed by atoms with Gasteiger partial charge in [-0.25, -0.2) is 4.98 Å². The number of nitrogens with one attached hydrogen (secondary N) is 1. The minimum atomic E-state index is 0.383. The molecule has 1 aliphatic carbocycles. The van der Waals surface area contributed by atoms with Gasteiger partial charge < -0.3 is 10.2 Å². The van der Waals surface area contributed by atoms with Crippen molar-refractivity contribution in [1.29, 1.82) is 0 Å². The van der Waals surface area contributed by atoms with E-state index in [1.165, 1.54) is 31.2 Å². The maximum atomic E-state index is 4.50. The van der Waals surface area contributed by atoms with Gasteiger partial charge in [0.15, 0.2) is 0 Å². The summed E-state index contributed by atoms with van der Waals surface area (Å²) >= 11 is 0. The van der Waals surface area contributed by atoms with E-state index in [1.54, 1.807) is 0 Å². The second kappa shape index (κ2) is 5.50. The zero-order chi connectivity index (χ0) is 12.3. The van der Waals surface area contributed by atoms with Crippen LogP contribution in [0.15, 0.2) is 18.3 Å². The summed E-state index contributed by atoms with van der Waals surface area (Å²) in [4.78, 5) is 6.84. The molecule has 0 spiro atoms. The number of hydrogen-bond acceptors (Lipinski definition) is 3. The molecule has 0 amide bonds. The first kappa shape index (κ1) is 12.4. The van der Waals surface area contributed by atoms with E-state index in [0.29, 0.717) is 12.1 Å². The van der Waals surface area contributed by atoms with Crippen molar-refractivity contribution in [2.24, 2.45) is 0 Å². The number of nitrogens with zero attached hydrogens (tertiary/aromatic N) is 2. The Hall–Kier alpha value is -1.09. The summed E-state index contributed by atoms with van der Waals surface area (Å²) in [6, 6.07) is 5.36. The van der Waals surface area contributed by atoms with E-state index in [4.69, 9.17) is 0 Å². The second-order valence-corrected chi connectivity index (χ2v) is 5.01. The van der Waals surface area contributed by atoms with Crippen LogP contribution < -0.4 is 10.2 Å². The Labute approximate surface area is 104 Å². The van der Waals surface area contributed by atoms with Gasteiger partial charge in [0.25, 0.3) is 0 Å². The lowest BCUT2D eigenvalue weighted by atomic mass is 10.1. The highest BCUT2D eigenvalue weighted by molar-refractivity contribution is 5.42. The number of hydrogen-bond donors (Lipinski definition) is 1. The van der Waals surface area contributed by atoms with Crippen LogP contribution in [0.1, 0.15) is 44.2 Å². The quantitative estimate of drug-likeness (QED) is 0.866. The summed E-state index contributed by atoms with van der Waals surface area (Å²) in [6.45, 7) is 2.18. The van der Waals surface area contributed by atoms with Crippen LogP contribution in [0, 0.1) is 0 Å². The Morgan fingerprint density at radius 3 is 2.76 bits per heavy atom. The molecule has 0 saturated heterocycles. The number of pyridine rings is 1. The molecular formula is C14H23N3. The summed E-state index contributed by atoms with van der Waals surface area (Å²) in [5, 5.41) is 3.27. The molecule has 1 N–H and O–H groups in total. The van der Waals surface area contributed by atoms with Gasteiger partial charge in [0.2, 0.25) is 0 Å². The molecule has 0 aliphatic heterocycles. The van der Waals surface area contributed by atoms with Crippen molar-refractivity contribution in [2.45, 2.75) is 44.7 Å². The molecule has 17 heavy (non-hydrogen) atoms. The molecule has 3 heteroatoms. The first-order valence-corrected chi connectivity index (χ1v) is 6.58. The molecule has 2 rings (SSSR count). The minimum absolute atomic E-state index is 0.383. The third-order valence-corrected chi connectivity index (χ3v) is 3.94. The average Bonchev–Trinajstić information content (AvgIpc) is 2.91. The van der Waals surface area contributed by atoms with E-state index in [0.717, 1.165) is 5.82 Å². The normalized spacial score (nSPS) is 18.3. The van der Waals surface area contributed by atoms with E-state index in [1.807, 2.05) is 13.2 Å². The minimum Gasteiger partial charge on any atom is -0.357 e. The van der Waals surface area contributed by atoms with E-state index in [2.05, 4.69) is 41.3 Å². The highest BCUT2D eigenvalue weighted by Crippen LogP contribution is 2.26. The fourth-order valence-electron chi connectivity index (χ4n) is 2.54. The molecule has 0 radical (unpaired) electrons. The van der Waals surface area contributed by atoms with Gasteiger partial charge in [-0.2, -0.15) is 0 Å². The van der Waals surface area contributed by atoms with Crippen LogP contribution in [0.5, 0.6) is 0 Å². The maximum absolute atomic E-state index is 4.50. The molecule has 1 heterocycles. The van der Waals surface area contributed by atoms with Crippen molar-refractivity contribution in [3.63, 3.8) is 0 Å². The smallest absolute Gasteiger partial charge is 0.128 e. The number of aromatic nitrogens is 1. The molecule has 1 atom stereocenters. The molecule has 1 unspecified atom stereocenters. The van der Waals surface area contributed by atoms with E-state index in [-0.39, 0.29) is 0 Å². The molecule has 1 saturated carbocycles. The van der Waals surface area contributed by atoms with Gasteiger partial charge in [0.1, 0.15) is 5.82 Å². The molecule has 1 fully saturated rings. The van der Waals surface area contributed by atoms with Gasteiger partial charge in [-0.1, -0.05) is 12.8 Å². The summed E-state index contributed by atoms with van der Waals surface area (Å²) in [6.07, 6.45) is 7.27. The van der Waals surface area contributed by atoms with Crippen LogP contribution in [-0.2, 0) is 0 Å². The summed E-state index contributed by atoms with van der Waals surface area (Å²) < 4.78 is 0. The monoisotopic (exact) mass is 233 g/mol. The van der Waals surface area contributed by atoms with Crippen LogP contribution in [0.3, 0.4) is 0 Å². The maximum Gasteiger partial charge on any atom is 0.128 e. The van der Waals surface area contributed by atoms with E-state index in [9.17, 15) is 0 Å². The van der Waals surface area contributed by atoms with Gasteiger partial charge in [0, 0.05) is 25.3 Å². The number of rotatable bonds is 4. The van der Waals surface area contributed by atoms with Crippen LogP contribution in [0.25, 0.3) is 0 Å². The van der Waals surface area contributed by atoms with Crippen molar-refractivity contribution in [1.82, 2.24) is 10.3 Å². The molecule has 94 valence electrons. The van der Waals surface area contributed by atoms with Crippen LogP contribution in [0.2, 0.25) is 0 Å². The lowest BCUT2D eigenvalue weighted by Crippen LogP contribution is -2.29. The lowest BCUT2D eigenvalue weighted by molar-refractivity contribution is 0.636. The van der Waals surface area contributed by atoms with Gasteiger partial charge in [0.05, 0.1) is 0 Å². The summed E-state index contributed by atoms with van der Waals surface area (Å²) in [7, 11) is 4.16. The van der Waals surface area contributed by atoms with Crippen molar-refractivity contribution in [2.75, 3.05) is 19.0 Å². The molecule has 1 aromatic rings. The Morgan fingerprint density at radius 1 is 1.41 bits per heavy atom. The third kappa shape index (κ3) is 2.78. The highest BCUT2D eigenvalue weighted by atomic mass is 15.2. The SMILES string of the molecule is CNC(C)c1ccnc(N(C)C2CCCC2)c1. The zero-order valence-electron chi connectivity index (χ0n) is 11.1. The van der Waals surface area contributed by atoms with Gasteiger partial charge in [-0.05, 0) is 44.5 Å². The first-order valence-electron chi connectivity index (χ1n) is 6.58. The number of anilines is 1. The van der Waals surface area contributed by atoms with E-state index >= 15 is 0 Å². The van der Waals surface area contributed by atoms with Gasteiger partial charge in [-0.15, -0.1) is 0 Å². The topological polar surface area (TPSA) is 28.2 Å². The molecule has 1 aromatic heterocycles. The Morgan fingerprint density at radius 2 is 2.12 bits per heavy atom. The fourth-order valence-corrected chi connectivity index (χ4v) is 2.54. The van der Waals surface area contributed by atoms with Gasteiger partial charge in [-0.3, -0.25) is 0 Å². The van der Waals surface area contributed by atoms with Crippen LogP contribution >= 0.6 is 0 Å². The van der Waals surface area contributed by atoms with E-state index < -0.39 is 0 Å². The van der Waals surface area contributed by atoms with Crippen molar-refractivity contribution in [3.05, 3.63) is 23.9 Å². The van der Waals surface area contributed by atoms with Crippen molar-refractivity contribution < 1.29 is 0 Å². The average molecular weight is 233 g/mol. The van der Waals surface area contributed by atoms with Crippen molar-refractivity contribution >= 4 is 5.82 Å². The molecule has 0 aromatic carbocycles. The molecular weight excluding hydrogens is 210 g/mol. The van der Waals surface area contributed by atoms with Crippen LogP contribution in [-0.4, -0.2) is 25.1 Å². The highest BCUT2D eigenvalue weighted by Gasteiger charge is 2.20. The molecule has 0 bridgehead atoms. The molecule has 1 aliphatic rings. The Kier molecular flexibility index (Phi) is 4.00. The standard InChI is InChI=1S/C14H23N3/c1-11(15-2)12-8-9-16-14(10-12)17(3)13-6-4-5-7-13/h8-11,13,15H,4-7H2,1-3H3. The van der Waals surface area contributed by atoms with Crippen LogP contribution in [0.4, 0.5) is 5.82 Å². The summed E-state index contributed by atoms with van der Waals surface area (Å²) in [5.41, 5.74) is 1.31. The fraction of sp³-hybridized carbons (Fsp3) is 0.643. The molecule has 3 nitrogen and oxygen atoms in total. The predicted octanol–water partition coefficient (Wildman–Crippen LogP) is 2.74. The Balaban J connectivity index is 2.14. The van der Waals surface area contributed by atoms with Gasteiger partial charge >= 0.3 is 0 Å². The Bertz CT molecular complexity index is 358. The second-order valence-electron chi connectivity index (χ2n) is 5.01. The first-order chi connectivity index (χ1) is 8.22. The summed E-state index contributed by atoms with van der Waals surface area (Å²) in [5.74, 6) is 1.11. The predicted molar refractivity (Wildman–Crippen MR) is 72.4 cm³/mol. The third-order valence-electron chi connectivity index (χ3n) is 3.94.